The maximum Gasteiger partial charge on any atom is 0.276 e. The minimum atomic E-state index is -0.726. The molecule has 0 unspecified atom stereocenters. The van der Waals surface area contributed by atoms with Crippen molar-refractivity contribution in [3.8, 4) is 17.2 Å². The van der Waals surface area contributed by atoms with Gasteiger partial charge in [-0.05, 0) is 36.8 Å². The van der Waals surface area contributed by atoms with Gasteiger partial charge >= 0.3 is 0 Å². The number of nitrogens with one attached hydrogen (secondary N) is 1. The summed E-state index contributed by atoms with van der Waals surface area (Å²) in [5, 5.41) is 16.4. The third kappa shape index (κ3) is 3.31. The van der Waals surface area contributed by atoms with E-state index in [2.05, 4.69) is 16.5 Å². The lowest BCUT2D eigenvalue weighted by atomic mass is 10.1. The second-order valence-electron chi connectivity index (χ2n) is 6.91. The quantitative estimate of drug-likeness (QED) is 0.561. The predicted molar refractivity (Wildman–Crippen MR) is 109 cm³/mol. The van der Waals surface area contributed by atoms with E-state index < -0.39 is 11.6 Å². The van der Waals surface area contributed by atoms with Gasteiger partial charge in [0.2, 0.25) is 0 Å². The van der Waals surface area contributed by atoms with Crippen molar-refractivity contribution in [2.24, 2.45) is 7.05 Å². The zero-order valence-corrected chi connectivity index (χ0v) is 16.3. The van der Waals surface area contributed by atoms with E-state index in [1.165, 1.54) is 22.7 Å². The predicted octanol–water partition coefficient (Wildman–Crippen LogP) is 3.77. The van der Waals surface area contributed by atoms with E-state index in [4.69, 9.17) is 5.26 Å². The van der Waals surface area contributed by atoms with E-state index >= 15 is 0 Å². The molecule has 0 saturated heterocycles. The number of benzene rings is 2. The van der Waals surface area contributed by atoms with Crippen LogP contribution in [0.1, 0.15) is 16.8 Å². The number of nitrogens with zero attached hydrogens (tertiary/aromatic N) is 4. The Morgan fingerprint density at radius 2 is 1.87 bits per heavy atom. The minimum absolute atomic E-state index is 0.170. The number of rotatable bonds is 4. The lowest BCUT2D eigenvalue weighted by molar-refractivity contribution is 0.585. The summed E-state index contributed by atoms with van der Waals surface area (Å²) in [5.41, 5.74) is 2.56. The largest absolute Gasteiger partial charge is 0.367 e. The molecule has 0 fully saturated rings. The van der Waals surface area contributed by atoms with Crippen LogP contribution in [0.25, 0.3) is 16.8 Å². The third-order valence-corrected chi connectivity index (χ3v) is 4.94. The van der Waals surface area contributed by atoms with Crippen LogP contribution in [0.4, 0.5) is 14.6 Å². The summed E-state index contributed by atoms with van der Waals surface area (Å²) in [6.07, 6.45) is 0. The highest BCUT2D eigenvalue weighted by Gasteiger charge is 2.20. The highest BCUT2D eigenvalue weighted by molar-refractivity contribution is 5.81. The van der Waals surface area contributed by atoms with Crippen LogP contribution in [0, 0.1) is 29.9 Å². The van der Waals surface area contributed by atoms with Gasteiger partial charge in [0.15, 0.2) is 0 Å². The van der Waals surface area contributed by atoms with Crippen molar-refractivity contribution < 1.29 is 8.78 Å². The zero-order valence-electron chi connectivity index (χ0n) is 16.3. The molecule has 0 aliphatic carbocycles. The first-order valence-electron chi connectivity index (χ1n) is 9.16. The maximum absolute atomic E-state index is 14.5. The average Bonchev–Trinajstić information content (AvgIpc) is 3.08. The van der Waals surface area contributed by atoms with Gasteiger partial charge in [-0.3, -0.25) is 4.79 Å². The molecule has 0 saturated carbocycles. The van der Waals surface area contributed by atoms with E-state index in [1.807, 2.05) is 12.1 Å². The molecule has 30 heavy (non-hydrogen) atoms. The molecule has 2 heterocycles. The first-order chi connectivity index (χ1) is 14.4. The topological polar surface area (TPSA) is 75.1 Å². The van der Waals surface area contributed by atoms with Crippen molar-refractivity contribution in [3.63, 3.8) is 0 Å². The number of anilines is 1. The molecule has 0 atom stereocenters. The Kier molecular flexibility index (Phi) is 4.80. The summed E-state index contributed by atoms with van der Waals surface area (Å²) in [5.74, 6) is -0.888. The van der Waals surface area contributed by atoms with Gasteiger partial charge in [-0.1, -0.05) is 12.1 Å². The third-order valence-electron chi connectivity index (χ3n) is 4.94. The highest BCUT2D eigenvalue weighted by Crippen LogP contribution is 2.31. The van der Waals surface area contributed by atoms with Gasteiger partial charge in [0.25, 0.3) is 5.56 Å². The number of nitriles is 1. The number of aryl methyl sites for hydroxylation is 2. The molecule has 4 aromatic rings. The molecule has 0 bridgehead atoms. The van der Waals surface area contributed by atoms with E-state index in [-0.39, 0.29) is 11.1 Å². The van der Waals surface area contributed by atoms with Crippen molar-refractivity contribution >= 4 is 11.5 Å². The lowest BCUT2D eigenvalue weighted by Gasteiger charge is -2.14. The monoisotopic (exact) mass is 405 g/mol. The molecule has 0 amide bonds. The fourth-order valence-electron chi connectivity index (χ4n) is 3.43. The molecule has 0 spiro atoms. The normalized spacial score (nSPS) is 10.9. The van der Waals surface area contributed by atoms with Crippen LogP contribution in [-0.4, -0.2) is 14.2 Å². The molecule has 0 aliphatic heterocycles. The van der Waals surface area contributed by atoms with Crippen LogP contribution in [0.3, 0.4) is 0 Å². The van der Waals surface area contributed by atoms with E-state index in [0.717, 1.165) is 11.6 Å². The maximum atomic E-state index is 14.5. The zero-order chi connectivity index (χ0) is 21.4. The number of hydrogen-bond donors (Lipinski definition) is 1. The Morgan fingerprint density at radius 1 is 1.13 bits per heavy atom. The van der Waals surface area contributed by atoms with Gasteiger partial charge < -0.3 is 9.88 Å². The van der Waals surface area contributed by atoms with Gasteiger partial charge in [0.05, 0.1) is 22.9 Å². The number of fused-ring (bicyclic) bond motifs is 1. The molecule has 0 aliphatic rings. The van der Waals surface area contributed by atoms with Crippen molar-refractivity contribution in [1.82, 2.24) is 14.2 Å². The first-order valence-corrected chi connectivity index (χ1v) is 9.16. The molecule has 2 aromatic carbocycles. The average molecular weight is 405 g/mol. The molecule has 150 valence electrons. The summed E-state index contributed by atoms with van der Waals surface area (Å²) in [6.45, 7) is 2.09. The fourth-order valence-corrected chi connectivity index (χ4v) is 3.43. The number of aromatic nitrogens is 3. The number of halogens is 2. The molecule has 1 N–H and O–H groups in total. The Hall–Kier alpha value is -3.99. The van der Waals surface area contributed by atoms with Crippen LogP contribution in [-0.2, 0) is 13.6 Å². The summed E-state index contributed by atoms with van der Waals surface area (Å²) in [4.78, 5) is 12.6. The smallest absolute Gasteiger partial charge is 0.276 e. The van der Waals surface area contributed by atoms with Gasteiger partial charge in [0.1, 0.15) is 23.1 Å². The molecular weight excluding hydrogens is 388 g/mol. The van der Waals surface area contributed by atoms with Crippen LogP contribution < -0.4 is 10.9 Å². The van der Waals surface area contributed by atoms with Gasteiger partial charge in [-0.2, -0.15) is 14.9 Å². The summed E-state index contributed by atoms with van der Waals surface area (Å²) in [6, 6.07) is 13.9. The molecule has 8 heteroatoms. The van der Waals surface area contributed by atoms with Crippen LogP contribution >= 0.6 is 0 Å². The van der Waals surface area contributed by atoms with Crippen molar-refractivity contribution in [3.05, 3.63) is 87.3 Å². The molecule has 6 nitrogen and oxygen atoms in total. The van der Waals surface area contributed by atoms with Crippen molar-refractivity contribution in [1.29, 1.82) is 5.26 Å². The van der Waals surface area contributed by atoms with E-state index in [0.29, 0.717) is 34.8 Å². The Bertz CT molecular complexity index is 1360. The lowest BCUT2D eigenvalue weighted by Crippen LogP contribution is -2.20. The molecule has 4 rings (SSSR count). The standard InChI is InChI=1S/C22H17F2N5O/c1-13-21(17-8-7-16(23)9-18(17)24)22-28(2)19(10-20(30)29(22)27-13)26-12-15-5-3-14(11-25)4-6-15/h3-10,26H,12H2,1-2H3. The van der Waals surface area contributed by atoms with Gasteiger partial charge in [0, 0.05) is 31.3 Å². The SMILES string of the molecule is Cc1nn2c(=O)cc(NCc3ccc(C#N)cc3)n(C)c2c1-c1ccc(F)cc1F. The van der Waals surface area contributed by atoms with Gasteiger partial charge in [-0.25, -0.2) is 8.78 Å². The Balaban J connectivity index is 1.80. The van der Waals surface area contributed by atoms with E-state index in [1.54, 1.807) is 30.7 Å². The Labute approximate surface area is 170 Å². The van der Waals surface area contributed by atoms with Gasteiger partial charge in [-0.15, -0.1) is 0 Å². The number of hydrogen-bond acceptors (Lipinski definition) is 4. The second kappa shape index (κ2) is 7.44. The summed E-state index contributed by atoms with van der Waals surface area (Å²) >= 11 is 0. The van der Waals surface area contributed by atoms with Crippen molar-refractivity contribution in [2.75, 3.05) is 5.32 Å². The minimum Gasteiger partial charge on any atom is -0.367 e. The summed E-state index contributed by atoms with van der Waals surface area (Å²) in [7, 11) is 1.74. The highest BCUT2D eigenvalue weighted by atomic mass is 19.1. The molecule has 2 aromatic heterocycles. The Morgan fingerprint density at radius 3 is 2.53 bits per heavy atom. The second-order valence-corrected chi connectivity index (χ2v) is 6.91. The van der Waals surface area contributed by atoms with Crippen LogP contribution in [0.5, 0.6) is 0 Å². The van der Waals surface area contributed by atoms with Crippen molar-refractivity contribution in [2.45, 2.75) is 13.5 Å². The summed E-state index contributed by atoms with van der Waals surface area (Å²) < 4.78 is 30.8. The van der Waals surface area contributed by atoms with Crippen LogP contribution in [0.15, 0.2) is 53.3 Å². The fraction of sp³-hybridized carbons (Fsp3) is 0.136. The van der Waals surface area contributed by atoms with Crippen LogP contribution in [0.2, 0.25) is 0 Å². The molecular formula is C22H17F2N5O. The first kappa shape index (κ1) is 19.3. The van der Waals surface area contributed by atoms with E-state index in [9.17, 15) is 13.6 Å². The molecule has 0 radical (unpaired) electrons.